The molecule has 0 aliphatic rings. The molecule has 0 fully saturated rings. The molecule has 1 heterocycles. The number of nitrogens with one attached hydrogen (secondary N) is 2. The van der Waals surface area contributed by atoms with Crippen molar-refractivity contribution in [1.29, 1.82) is 0 Å². The summed E-state index contributed by atoms with van der Waals surface area (Å²) in [4.78, 5) is 21.7. The maximum absolute atomic E-state index is 11.4. The van der Waals surface area contributed by atoms with Crippen LogP contribution in [-0.2, 0) is 4.74 Å². The topological polar surface area (TPSA) is 110 Å². The first-order chi connectivity index (χ1) is 10.8. The van der Waals surface area contributed by atoms with Gasteiger partial charge in [0.05, 0.1) is 11.5 Å². The van der Waals surface area contributed by atoms with Crippen LogP contribution in [0.2, 0.25) is 0 Å². The van der Waals surface area contributed by atoms with Crippen LogP contribution in [0.5, 0.6) is 0 Å². The molecule has 0 atom stereocenters. The molecule has 0 radical (unpaired) electrons. The molecule has 23 heavy (non-hydrogen) atoms. The molecule has 0 saturated carbocycles. The Morgan fingerprint density at radius 1 is 1.48 bits per heavy atom. The van der Waals surface area contributed by atoms with E-state index in [0.29, 0.717) is 16.6 Å². The highest BCUT2D eigenvalue weighted by atomic mass is 16.6. The molecule has 1 amide bonds. The number of carbonyl (C=O) groups excluding carboxylic acids is 1. The Kier molecular flexibility index (Phi) is 4.50. The van der Waals surface area contributed by atoms with Crippen molar-refractivity contribution < 1.29 is 14.5 Å². The van der Waals surface area contributed by atoms with Crippen molar-refractivity contribution in [3.63, 3.8) is 0 Å². The maximum atomic E-state index is 11.4. The second kappa shape index (κ2) is 6.36. The number of aromatic nitrogens is 2. The minimum absolute atomic E-state index is 0.0323. The summed E-state index contributed by atoms with van der Waals surface area (Å²) in [6.07, 6.45) is -0.545. The molecule has 0 saturated heterocycles. The molecule has 8 heteroatoms. The highest BCUT2D eigenvalue weighted by molar-refractivity contribution is 5.85. The fourth-order valence-electron chi connectivity index (χ4n) is 1.77. The van der Waals surface area contributed by atoms with Gasteiger partial charge in [0.25, 0.3) is 5.69 Å². The molecule has 1 aromatic carbocycles. The Morgan fingerprint density at radius 2 is 2.22 bits per heavy atom. The Hall–Kier alpha value is -3.08. The van der Waals surface area contributed by atoms with Gasteiger partial charge in [-0.2, -0.15) is 5.10 Å². The van der Waals surface area contributed by atoms with Gasteiger partial charge in [-0.05, 0) is 32.8 Å². The lowest BCUT2D eigenvalue weighted by molar-refractivity contribution is -0.384. The number of hydrogen-bond acceptors (Lipinski definition) is 5. The standard InChI is InChI=1S/C15H16N4O4/c1-15(2,3)23-14(20)16-8-4-5-12-11-7-6-10(19(21)22)9-13(11)18-17-12/h6-7,9H,8H2,1-3H3,(H,16,20)(H,17,18). The maximum Gasteiger partial charge on any atom is 0.408 e. The summed E-state index contributed by atoms with van der Waals surface area (Å²) < 4.78 is 5.08. The number of nitro groups is 1. The van der Waals surface area contributed by atoms with Gasteiger partial charge >= 0.3 is 6.09 Å². The van der Waals surface area contributed by atoms with E-state index in [0.717, 1.165) is 0 Å². The van der Waals surface area contributed by atoms with Crippen LogP contribution in [0.1, 0.15) is 26.5 Å². The van der Waals surface area contributed by atoms with Crippen molar-refractivity contribution in [2.75, 3.05) is 6.54 Å². The first-order valence-electron chi connectivity index (χ1n) is 6.84. The van der Waals surface area contributed by atoms with Gasteiger partial charge in [-0.1, -0.05) is 5.92 Å². The van der Waals surface area contributed by atoms with E-state index in [1.54, 1.807) is 26.8 Å². The molecule has 2 aromatic rings. The van der Waals surface area contributed by atoms with Crippen LogP contribution in [-0.4, -0.2) is 33.4 Å². The Labute approximate surface area is 132 Å². The molecule has 0 aliphatic heterocycles. The number of carbonyl (C=O) groups is 1. The highest BCUT2D eigenvalue weighted by Crippen LogP contribution is 2.20. The lowest BCUT2D eigenvalue weighted by Gasteiger charge is -2.18. The third-order valence-corrected chi connectivity index (χ3v) is 2.68. The summed E-state index contributed by atoms with van der Waals surface area (Å²) in [5, 5.41) is 20.6. The van der Waals surface area contributed by atoms with E-state index in [1.807, 2.05) is 0 Å². The number of nitrogens with zero attached hydrogens (tertiary/aromatic N) is 2. The summed E-state index contributed by atoms with van der Waals surface area (Å²) in [6, 6.07) is 4.35. The molecule has 0 spiro atoms. The molecular formula is C15H16N4O4. The van der Waals surface area contributed by atoms with E-state index in [-0.39, 0.29) is 12.2 Å². The van der Waals surface area contributed by atoms with Crippen LogP contribution < -0.4 is 5.32 Å². The first kappa shape index (κ1) is 16.3. The first-order valence-corrected chi connectivity index (χ1v) is 6.84. The lowest BCUT2D eigenvalue weighted by Crippen LogP contribution is -2.32. The third-order valence-electron chi connectivity index (χ3n) is 2.68. The summed E-state index contributed by atoms with van der Waals surface area (Å²) in [7, 11) is 0. The second-order valence-corrected chi connectivity index (χ2v) is 5.71. The Bertz CT molecular complexity index is 808. The van der Waals surface area contributed by atoms with Crippen LogP contribution in [0.4, 0.5) is 10.5 Å². The van der Waals surface area contributed by atoms with Crippen molar-refractivity contribution in [3.05, 3.63) is 34.0 Å². The average Bonchev–Trinajstić information content (AvgIpc) is 2.84. The van der Waals surface area contributed by atoms with Crippen LogP contribution >= 0.6 is 0 Å². The number of fused-ring (bicyclic) bond motifs is 1. The average molecular weight is 316 g/mol. The monoisotopic (exact) mass is 316 g/mol. The minimum Gasteiger partial charge on any atom is -0.444 e. The minimum atomic E-state index is -0.564. The largest absolute Gasteiger partial charge is 0.444 e. The molecule has 0 bridgehead atoms. The number of nitro benzene ring substituents is 1. The fraction of sp³-hybridized carbons (Fsp3) is 0.333. The van der Waals surface area contributed by atoms with Gasteiger partial charge < -0.3 is 10.1 Å². The molecule has 8 nitrogen and oxygen atoms in total. The zero-order chi connectivity index (χ0) is 17.0. The molecule has 0 unspecified atom stereocenters. The van der Waals surface area contributed by atoms with Gasteiger partial charge in [0.1, 0.15) is 16.8 Å². The summed E-state index contributed by atoms with van der Waals surface area (Å²) >= 11 is 0. The molecule has 2 N–H and O–H groups in total. The van der Waals surface area contributed by atoms with Crippen molar-refractivity contribution in [2.24, 2.45) is 0 Å². The molecule has 0 aliphatic carbocycles. The number of hydrogen-bond donors (Lipinski definition) is 2. The molecule has 120 valence electrons. The van der Waals surface area contributed by atoms with Crippen molar-refractivity contribution in [1.82, 2.24) is 15.5 Å². The number of alkyl carbamates (subject to hydrolysis) is 1. The van der Waals surface area contributed by atoms with Crippen LogP contribution in [0.15, 0.2) is 18.2 Å². The van der Waals surface area contributed by atoms with Crippen molar-refractivity contribution >= 4 is 22.7 Å². The van der Waals surface area contributed by atoms with Gasteiger partial charge in [-0.3, -0.25) is 15.2 Å². The van der Waals surface area contributed by atoms with E-state index in [1.165, 1.54) is 12.1 Å². The summed E-state index contributed by atoms with van der Waals surface area (Å²) in [5.41, 5.74) is 0.394. The van der Waals surface area contributed by atoms with Gasteiger partial charge in [0.15, 0.2) is 0 Å². The van der Waals surface area contributed by atoms with Crippen LogP contribution in [0.3, 0.4) is 0 Å². The summed E-state index contributed by atoms with van der Waals surface area (Å²) in [6.45, 7) is 5.43. The van der Waals surface area contributed by atoms with Gasteiger partial charge in [0.2, 0.25) is 0 Å². The van der Waals surface area contributed by atoms with E-state index in [2.05, 4.69) is 27.4 Å². The highest BCUT2D eigenvalue weighted by Gasteiger charge is 2.15. The zero-order valence-electron chi connectivity index (χ0n) is 13.0. The number of amides is 1. The number of rotatable bonds is 2. The number of ether oxygens (including phenoxy) is 1. The van der Waals surface area contributed by atoms with Gasteiger partial charge in [0, 0.05) is 17.5 Å². The number of H-pyrrole nitrogens is 1. The Morgan fingerprint density at radius 3 is 2.87 bits per heavy atom. The molecule has 2 rings (SSSR count). The number of non-ortho nitro benzene ring substituents is 1. The normalized spacial score (nSPS) is 10.7. The lowest BCUT2D eigenvalue weighted by atomic mass is 10.2. The molecular weight excluding hydrogens is 300 g/mol. The van der Waals surface area contributed by atoms with E-state index in [9.17, 15) is 14.9 Å². The van der Waals surface area contributed by atoms with E-state index < -0.39 is 16.6 Å². The quantitative estimate of drug-likeness (QED) is 0.502. The smallest absolute Gasteiger partial charge is 0.408 e. The van der Waals surface area contributed by atoms with Crippen LogP contribution in [0.25, 0.3) is 10.9 Å². The summed E-state index contributed by atoms with van der Waals surface area (Å²) in [5.74, 6) is 5.59. The van der Waals surface area contributed by atoms with E-state index in [4.69, 9.17) is 4.74 Å². The SMILES string of the molecule is CC(C)(C)OC(=O)NCC#Cc1[nH]nc2cc([N+](=O)[O-])ccc12. The van der Waals surface area contributed by atoms with Gasteiger partial charge in [-0.15, -0.1) is 0 Å². The van der Waals surface area contributed by atoms with Gasteiger partial charge in [-0.25, -0.2) is 4.79 Å². The predicted octanol–water partition coefficient (Wildman–Crippen LogP) is 2.35. The Balaban J connectivity index is 2.03. The van der Waals surface area contributed by atoms with Crippen molar-refractivity contribution in [2.45, 2.75) is 26.4 Å². The van der Waals surface area contributed by atoms with Crippen LogP contribution in [0, 0.1) is 22.0 Å². The third kappa shape index (κ3) is 4.44. The van der Waals surface area contributed by atoms with E-state index >= 15 is 0 Å². The van der Waals surface area contributed by atoms with Crippen molar-refractivity contribution in [3.8, 4) is 11.8 Å². The number of aromatic amines is 1. The zero-order valence-corrected chi connectivity index (χ0v) is 13.0. The second-order valence-electron chi connectivity index (χ2n) is 5.71. The fourth-order valence-corrected chi connectivity index (χ4v) is 1.77. The number of benzene rings is 1. The predicted molar refractivity (Wildman–Crippen MR) is 83.9 cm³/mol. The molecule has 1 aromatic heterocycles.